The number of thiazole rings is 1. The first-order chi connectivity index (χ1) is 9.70. The highest BCUT2D eigenvalue weighted by Crippen LogP contribution is 2.16. The van der Waals surface area contributed by atoms with Gasteiger partial charge in [-0.2, -0.15) is 0 Å². The Labute approximate surface area is 145 Å². The summed E-state index contributed by atoms with van der Waals surface area (Å²) in [7, 11) is 1.67. The maximum atomic E-state index is 5.92. The Balaban J connectivity index is 0.00000220. The minimum atomic E-state index is 0. The molecule has 21 heavy (non-hydrogen) atoms. The lowest BCUT2D eigenvalue weighted by molar-refractivity contribution is 0.185. The fraction of sp³-hybridized carbons (Fsp3) is 0.286. The first kappa shape index (κ1) is 17.9. The number of hydrogen-bond donors (Lipinski definition) is 2. The minimum Gasteiger partial charge on any atom is -0.380 e. The highest BCUT2D eigenvalue weighted by molar-refractivity contribution is 14.0. The highest BCUT2D eigenvalue weighted by Gasteiger charge is 2.03. The number of nitrogens with two attached hydrogens (primary N) is 1. The van der Waals surface area contributed by atoms with Crippen LogP contribution in [-0.4, -0.2) is 18.1 Å². The van der Waals surface area contributed by atoms with Crippen LogP contribution in [0.2, 0.25) is 0 Å². The Hall–Kier alpha value is -1.19. The zero-order valence-electron chi connectivity index (χ0n) is 12.0. The van der Waals surface area contributed by atoms with Crippen molar-refractivity contribution in [3.63, 3.8) is 0 Å². The van der Waals surface area contributed by atoms with Gasteiger partial charge in [0, 0.05) is 23.2 Å². The number of guanidine groups is 1. The summed E-state index contributed by atoms with van der Waals surface area (Å²) in [5, 5.41) is 3.11. The third-order valence-corrected chi connectivity index (χ3v) is 3.74. The van der Waals surface area contributed by atoms with Gasteiger partial charge >= 0.3 is 0 Å². The van der Waals surface area contributed by atoms with Crippen molar-refractivity contribution < 1.29 is 4.74 Å². The molecule has 1 aromatic carbocycles. The van der Waals surface area contributed by atoms with Gasteiger partial charge in [0.2, 0.25) is 0 Å². The van der Waals surface area contributed by atoms with Crippen molar-refractivity contribution >= 4 is 47.0 Å². The maximum absolute atomic E-state index is 5.92. The van der Waals surface area contributed by atoms with Gasteiger partial charge in [-0.15, -0.1) is 35.3 Å². The van der Waals surface area contributed by atoms with E-state index in [0.29, 0.717) is 19.1 Å². The fourth-order valence-electron chi connectivity index (χ4n) is 1.74. The second-order valence-corrected chi connectivity index (χ2v) is 5.22. The van der Waals surface area contributed by atoms with E-state index in [2.05, 4.69) is 15.3 Å². The van der Waals surface area contributed by atoms with Gasteiger partial charge in [0.1, 0.15) is 0 Å². The number of rotatable bonds is 5. The molecule has 114 valence electrons. The Kier molecular flexibility index (Phi) is 7.62. The Morgan fingerprint density at radius 1 is 1.43 bits per heavy atom. The number of benzene rings is 1. The molecule has 0 amide bonds. The van der Waals surface area contributed by atoms with Crippen molar-refractivity contribution in [2.24, 2.45) is 10.7 Å². The van der Waals surface area contributed by atoms with Gasteiger partial charge in [0.05, 0.1) is 24.4 Å². The number of nitrogens with zero attached hydrogens (tertiary/aromatic N) is 2. The molecule has 0 spiro atoms. The maximum Gasteiger partial charge on any atom is 0.193 e. The van der Waals surface area contributed by atoms with Crippen LogP contribution in [0.3, 0.4) is 0 Å². The molecule has 0 saturated heterocycles. The van der Waals surface area contributed by atoms with Crippen LogP contribution in [0.25, 0.3) is 0 Å². The molecular formula is C14H19IN4OS. The summed E-state index contributed by atoms with van der Waals surface area (Å²) >= 11 is 1.59. The van der Waals surface area contributed by atoms with Crippen LogP contribution in [0.1, 0.15) is 16.1 Å². The molecular weight excluding hydrogens is 399 g/mol. The molecule has 7 heteroatoms. The summed E-state index contributed by atoms with van der Waals surface area (Å²) in [6.45, 7) is 3.05. The first-order valence-electron chi connectivity index (χ1n) is 6.23. The van der Waals surface area contributed by atoms with Gasteiger partial charge in [-0.05, 0) is 13.0 Å². The van der Waals surface area contributed by atoms with Gasteiger partial charge in [0.15, 0.2) is 5.96 Å². The smallest absolute Gasteiger partial charge is 0.193 e. The van der Waals surface area contributed by atoms with E-state index >= 15 is 0 Å². The summed E-state index contributed by atoms with van der Waals surface area (Å²) in [5.41, 5.74) is 10.7. The lowest BCUT2D eigenvalue weighted by Crippen LogP contribution is -2.23. The van der Waals surface area contributed by atoms with Crippen LogP contribution in [-0.2, 0) is 17.9 Å². The second-order valence-electron chi connectivity index (χ2n) is 4.28. The van der Waals surface area contributed by atoms with Crippen molar-refractivity contribution in [3.05, 3.63) is 45.9 Å². The molecule has 0 aliphatic carbocycles. The molecule has 2 rings (SSSR count). The molecule has 1 heterocycles. The molecule has 0 radical (unpaired) electrons. The summed E-state index contributed by atoms with van der Waals surface area (Å²) in [4.78, 5) is 9.65. The lowest BCUT2D eigenvalue weighted by atomic mass is 10.2. The lowest BCUT2D eigenvalue weighted by Gasteiger charge is -2.10. The second kappa shape index (κ2) is 8.96. The Bertz CT molecular complexity index is 600. The van der Waals surface area contributed by atoms with Gasteiger partial charge in [-0.25, -0.2) is 9.98 Å². The summed E-state index contributed by atoms with van der Waals surface area (Å²) in [6.07, 6.45) is 0. The van der Waals surface area contributed by atoms with Gasteiger partial charge < -0.3 is 15.8 Å². The van der Waals surface area contributed by atoms with Crippen molar-refractivity contribution in [3.8, 4) is 0 Å². The van der Waals surface area contributed by atoms with Crippen LogP contribution in [0.4, 0.5) is 5.69 Å². The van der Waals surface area contributed by atoms with Crippen molar-refractivity contribution in [1.82, 2.24) is 4.98 Å². The van der Waals surface area contributed by atoms with Crippen LogP contribution in [0.15, 0.2) is 34.8 Å². The van der Waals surface area contributed by atoms with Crippen LogP contribution in [0, 0.1) is 6.92 Å². The number of nitrogens with one attached hydrogen (secondary N) is 1. The van der Waals surface area contributed by atoms with Gasteiger partial charge in [-0.1, -0.05) is 18.2 Å². The third kappa shape index (κ3) is 5.25. The zero-order chi connectivity index (χ0) is 14.4. The van der Waals surface area contributed by atoms with E-state index in [1.807, 2.05) is 36.7 Å². The number of ether oxygens (including phenoxy) is 1. The van der Waals surface area contributed by atoms with Crippen molar-refractivity contribution in [2.75, 3.05) is 12.4 Å². The molecule has 5 nitrogen and oxygen atoms in total. The highest BCUT2D eigenvalue weighted by atomic mass is 127. The van der Waals surface area contributed by atoms with E-state index in [1.54, 1.807) is 18.4 Å². The molecule has 0 saturated carbocycles. The van der Waals surface area contributed by atoms with E-state index in [1.165, 1.54) is 0 Å². The van der Waals surface area contributed by atoms with Crippen molar-refractivity contribution in [2.45, 2.75) is 20.1 Å². The van der Waals surface area contributed by atoms with E-state index in [-0.39, 0.29) is 24.0 Å². The minimum absolute atomic E-state index is 0. The Morgan fingerprint density at radius 3 is 2.86 bits per heavy atom. The normalized spacial score (nSPS) is 11.0. The summed E-state index contributed by atoms with van der Waals surface area (Å²) in [5.74, 6) is 0.390. The van der Waals surface area contributed by atoms with Gasteiger partial charge in [0.25, 0.3) is 0 Å². The molecule has 1 aromatic heterocycles. The van der Waals surface area contributed by atoms with Crippen LogP contribution >= 0.6 is 35.3 Å². The Morgan fingerprint density at radius 2 is 2.19 bits per heavy atom. The SMILES string of the molecule is COCc1ccccc1NC(N)=NCc1scnc1C.I. The number of aryl methyl sites for hydroxylation is 1. The number of anilines is 1. The van der Waals surface area contributed by atoms with Crippen LogP contribution < -0.4 is 11.1 Å². The van der Waals surface area contributed by atoms with Crippen LogP contribution in [0.5, 0.6) is 0 Å². The number of aliphatic imine (C=N–C) groups is 1. The number of halogens is 1. The summed E-state index contributed by atoms with van der Waals surface area (Å²) < 4.78 is 5.16. The molecule has 0 bridgehead atoms. The monoisotopic (exact) mass is 418 g/mol. The average Bonchev–Trinajstić information content (AvgIpc) is 2.84. The molecule has 2 aromatic rings. The zero-order valence-corrected chi connectivity index (χ0v) is 15.1. The van der Waals surface area contributed by atoms with E-state index < -0.39 is 0 Å². The number of methoxy groups -OCH3 is 1. The molecule has 0 atom stereocenters. The molecule has 0 unspecified atom stereocenters. The first-order valence-corrected chi connectivity index (χ1v) is 7.11. The molecule has 0 aliphatic rings. The van der Waals surface area contributed by atoms with E-state index in [9.17, 15) is 0 Å². The third-order valence-electron chi connectivity index (χ3n) is 2.82. The predicted octanol–water partition coefficient (Wildman–Crippen LogP) is 3.14. The molecule has 0 fully saturated rings. The summed E-state index contributed by atoms with van der Waals surface area (Å²) in [6, 6.07) is 7.86. The molecule has 0 aliphatic heterocycles. The predicted molar refractivity (Wildman–Crippen MR) is 98.4 cm³/mol. The number of aromatic nitrogens is 1. The standard InChI is InChI=1S/C14H18N4OS.HI/c1-10-13(20-9-17-10)7-16-14(15)18-12-6-4-3-5-11(12)8-19-2;/h3-6,9H,7-8H2,1-2H3,(H3,15,16,18);1H. The average molecular weight is 418 g/mol. The quantitative estimate of drug-likeness (QED) is 0.445. The largest absolute Gasteiger partial charge is 0.380 e. The topological polar surface area (TPSA) is 72.5 Å². The van der Waals surface area contributed by atoms with E-state index in [0.717, 1.165) is 21.8 Å². The fourth-order valence-corrected chi connectivity index (χ4v) is 2.44. The van der Waals surface area contributed by atoms with E-state index in [4.69, 9.17) is 10.5 Å². The van der Waals surface area contributed by atoms with Crippen molar-refractivity contribution in [1.29, 1.82) is 0 Å². The van der Waals surface area contributed by atoms with Gasteiger partial charge in [-0.3, -0.25) is 0 Å². The number of hydrogen-bond acceptors (Lipinski definition) is 4. The number of para-hydroxylation sites is 1. The molecule has 3 N–H and O–H groups in total.